The van der Waals surface area contributed by atoms with Crippen LogP contribution in [-0.4, -0.2) is 40.2 Å². The second kappa shape index (κ2) is 11.6. The molecule has 0 radical (unpaired) electrons. The maximum absolute atomic E-state index is 12.9. The van der Waals surface area contributed by atoms with Gasteiger partial charge in [0.05, 0.1) is 0 Å². The molecule has 0 unspecified atom stereocenters. The van der Waals surface area contributed by atoms with E-state index >= 15 is 0 Å². The minimum Gasteiger partial charge on any atom is -0.357 e. The summed E-state index contributed by atoms with van der Waals surface area (Å²) in [5.74, 6) is 1.54. The number of benzene rings is 1. The lowest BCUT2D eigenvalue weighted by atomic mass is 10.1. The van der Waals surface area contributed by atoms with E-state index < -0.39 is 0 Å². The molecule has 3 rings (SSSR count). The van der Waals surface area contributed by atoms with Gasteiger partial charge in [-0.1, -0.05) is 18.2 Å². The number of pyridine rings is 1. The summed E-state index contributed by atoms with van der Waals surface area (Å²) in [6.07, 6.45) is 4.51. The first-order chi connectivity index (χ1) is 13.3. The molecule has 28 heavy (non-hydrogen) atoms. The van der Waals surface area contributed by atoms with Crippen molar-refractivity contribution in [3.63, 3.8) is 0 Å². The van der Waals surface area contributed by atoms with Gasteiger partial charge in [-0.15, -0.1) is 34.2 Å². The van der Waals surface area contributed by atoms with E-state index in [1.807, 2.05) is 47.9 Å². The summed E-state index contributed by atoms with van der Waals surface area (Å²) in [4.78, 5) is 4.62. The van der Waals surface area contributed by atoms with Crippen LogP contribution in [0.2, 0.25) is 0 Å². The Kier molecular flexibility index (Phi) is 9.12. The van der Waals surface area contributed by atoms with Crippen LogP contribution >= 0.6 is 24.0 Å². The molecule has 2 heterocycles. The molecule has 3 aromatic rings. The van der Waals surface area contributed by atoms with Gasteiger partial charge in [-0.25, -0.2) is 4.39 Å². The van der Waals surface area contributed by atoms with Crippen molar-refractivity contribution in [1.82, 2.24) is 25.2 Å². The predicted molar refractivity (Wildman–Crippen MR) is 121 cm³/mol. The zero-order valence-electron chi connectivity index (χ0n) is 15.9. The van der Waals surface area contributed by atoms with Gasteiger partial charge in [0.2, 0.25) is 0 Å². The fourth-order valence-corrected chi connectivity index (χ4v) is 2.81. The number of guanidine groups is 1. The summed E-state index contributed by atoms with van der Waals surface area (Å²) in [5, 5.41) is 15.0. The molecule has 8 heteroatoms. The molecule has 150 valence electrons. The molecule has 0 amide bonds. The zero-order valence-corrected chi connectivity index (χ0v) is 18.3. The Bertz CT molecular complexity index is 878. The van der Waals surface area contributed by atoms with Crippen molar-refractivity contribution in [2.45, 2.75) is 26.2 Å². The lowest BCUT2D eigenvalue weighted by molar-refractivity contribution is 0.626. The quantitative estimate of drug-likeness (QED) is 0.218. The highest BCUT2D eigenvalue weighted by Crippen LogP contribution is 2.05. The maximum Gasteiger partial charge on any atom is 0.191 e. The number of aryl methyl sites for hydroxylation is 1. The SMILES string of the molecule is CCNC(=NCCCc1nnc2ccccn12)NCCc1ccc(F)cc1.I. The van der Waals surface area contributed by atoms with Gasteiger partial charge < -0.3 is 10.6 Å². The summed E-state index contributed by atoms with van der Waals surface area (Å²) in [6.45, 7) is 4.29. The minimum absolute atomic E-state index is 0. The van der Waals surface area contributed by atoms with Crippen molar-refractivity contribution in [3.8, 4) is 0 Å². The van der Waals surface area contributed by atoms with Crippen molar-refractivity contribution in [2.24, 2.45) is 4.99 Å². The van der Waals surface area contributed by atoms with Crippen LogP contribution in [0.15, 0.2) is 53.7 Å². The maximum atomic E-state index is 12.9. The number of nitrogens with one attached hydrogen (secondary N) is 2. The van der Waals surface area contributed by atoms with Gasteiger partial charge in [-0.2, -0.15) is 0 Å². The number of rotatable bonds is 8. The third-order valence-corrected chi connectivity index (χ3v) is 4.18. The summed E-state index contributed by atoms with van der Waals surface area (Å²) < 4.78 is 15.0. The third-order valence-electron chi connectivity index (χ3n) is 4.18. The van der Waals surface area contributed by atoms with E-state index in [-0.39, 0.29) is 29.8 Å². The van der Waals surface area contributed by atoms with Crippen molar-refractivity contribution >= 4 is 35.6 Å². The lowest BCUT2D eigenvalue weighted by Gasteiger charge is -2.11. The van der Waals surface area contributed by atoms with E-state index in [4.69, 9.17) is 0 Å². The number of aromatic nitrogens is 3. The molecular formula is C20H26FIN6. The van der Waals surface area contributed by atoms with Crippen LogP contribution in [0.4, 0.5) is 4.39 Å². The monoisotopic (exact) mass is 496 g/mol. The fraction of sp³-hybridized carbons (Fsp3) is 0.350. The van der Waals surface area contributed by atoms with E-state index in [2.05, 4.69) is 25.8 Å². The highest BCUT2D eigenvalue weighted by atomic mass is 127. The van der Waals surface area contributed by atoms with E-state index in [1.165, 1.54) is 12.1 Å². The lowest BCUT2D eigenvalue weighted by Crippen LogP contribution is -2.38. The smallest absolute Gasteiger partial charge is 0.191 e. The molecule has 0 aliphatic heterocycles. The number of fused-ring (bicyclic) bond motifs is 1. The molecule has 0 fully saturated rings. The van der Waals surface area contributed by atoms with E-state index in [0.717, 1.165) is 55.3 Å². The van der Waals surface area contributed by atoms with E-state index in [9.17, 15) is 4.39 Å². The average Bonchev–Trinajstić information content (AvgIpc) is 3.10. The van der Waals surface area contributed by atoms with Gasteiger partial charge in [0, 0.05) is 32.3 Å². The van der Waals surface area contributed by atoms with Crippen LogP contribution in [0.1, 0.15) is 24.7 Å². The Morgan fingerprint density at radius 3 is 2.68 bits per heavy atom. The van der Waals surface area contributed by atoms with E-state index in [1.54, 1.807) is 0 Å². The van der Waals surface area contributed by atoms with Gasteiger partial charge in [0.1, 0.15) is 11.6 Å². The summed E-state index contributed by atoms with van der Waals surface area (Å²) in [7, 11) is 0. The molecule has 0 spiro atoms. The molecule has 0 aliphatic rings. The second-order valence-corrected chi connectivity index (χ2v) is 6.21. The van der Waals surface area contributed by atoms with Crippen LogP contribution < -0.4 is 10.6 Å². The molecular weight excluding hydrogens is 470 g/mol. The molecule has 2 N–H and O–H groups in total. The van der Waals surface area contributed by atoms with Gasteiger partial charge in [0.15, 0.2) is 11.6 Å². The average molecular weight is 496 g/mol. The summed E-state index contributed by atoms with van der Waals surface area (Å²) in [6, 6.07) is 12.5. The number of halogens is 2. The Hall–Kier alpha value is -2.23. The molecule has 6 nitrogen and oxygen atoms in total. The number of hydrogen-bond acceptors (Lipinski definition) is 3. The molecule has 0 atom stereocenters. The van der Waals surface area contributed by atoms with E-state index in [0.29, 0.717) is 6.54 Å². The Labute approximate surface area is 181 Å². The Morgan fingerprint density at radius 1 is 1.07 bits per heavy atom. The Balaban J connectivity index is 0.00000280. The first-order valence-corrected chi connectivity index (χ1v) is 9.31. The molecule has 0 saturated carbocycles. The zero-order chi connectivity index (χ0) is 18.9. The van der Waals surface area contributed by atoms with Gasteiger partial charge in [-0.05, 0) is 49.6 Å². The number of nitrogens with zero attached hydrogens (tertiary/aromatic N) is 4. The normalized spacial score (nSPS) is 11.3. The van der Waals surface area contributed by atoms with Crippen molar-refractivity contribution in [2.75, 3.05) is 19.6 Å². The van der Waals surface area contributed by atoms with Crippen molar-refractivity contribution in [1.29, 1.82) is 0 Å². The molecule has 0 aliphatic carbocycles. The van der Waals surface area contributed by atoms with Crippen LogP contribution in [0.5, 0.6) is 0 Å². The second-order valence-electron chi connectivity index (χ2n) is 6.21. The largest absolute Gasteiger partial charge is 0.357 e. The summed E-state index contributed by atoms with van der Waals surface area (Å²) >= 11 is 0. The van der Waals surface area contributed by atoms with Crippen LogP contribution in [0, 0.1) is 5.82 Å². The highest BCUT2D eigenvalue weighted by molar-refractivity contribution is 14.0. The Morgan fingerprint density at radius 2 is 1.89 bits per heavy atom. The molecule has 0 saturated heterocycles. The standard InChI is InChI=1S/C20H25FN6.HI/c1-2-22-20(24-14-12-16-8-10-17(21)11-9-16)23-13-5-7-19-26-25-18-6-3-4-15-27(18)19;/h3-4,6,8-11,15H,2,5,7,12-14H2,1H3,(H2,22,23,24);1H. The summed E-state index contributed by atoms with van der Waals surface area (Å²) in [5.41, 5.74) is 1.96. The van der Waals surface area contributed by atoms with Gasteiger partial charge in [-0.3, -0.25) is 9.39 Å². The fourth-order valence-electron chi connectivity index (χ4n) is 2.81. The first-order valence-electron chi connectivity index (χ1n) is 9.31. The van der Waals surface area contributed by atoms with Crippen LogP contribution in [-0.2, 0) is 12.8 Å². The van der Waals surface area contributed by atoms with Gasteiger partial charge in [0.25, 0.3) is 0 Å². The number of aliphatic imine (C=N–C) groups is 1. The first kappa shape index (κ1) is 22.1. The topological polar surface area (TPSA) is 66.6 Å². The third kappa shape index (κ3) is 6.43. The van der Waals surface area contributed by atoms with Gasteiger partial charge >= 0.3 is 0 Å². The minimum atomic E-state index is -0.206. The van der Waals surface area contributed by atoms with Crippen LogP contribution in [0.25, 0.3) is 5.65 Å². The number of hydrogen-bond donors (Lipinski definition) is 2. The highest BCUT2D eigenvalue weighted by Gasteiger charge is 2.04. The van der Waals surface area contributed by atoms with Crippen molar-refractivity contribution < 1.29 is 4.39 Å². The van der Waals surface area contributed by atoms with Crippen molar-refractivity contribution in [3.05, 3.63) is 65.9 Å². The van der Waals surface area contributed by atoms with Crippen LogP contribution in [0.3, 0.4) is 0 Å². The molecule has 1 aromatic carbocycles. The predicted octanol–water partition coefficient (Wildman–Crippen LogP) is 3.22. The molecule has 2 aromatic heterocycles. The molecule has 0 bridgehead atoms.